The fourth-order valence-electron chi connectivity index (χ4n) is 1.59. The van der Waals surface area contributed by atoms with E-state index in [0.717, 1.165) is 20.9 Å². The Morgan fingerprint density at radius 2 is 2.33 bits per heavy atom. The summed E-state index contributed by atoms with van der Waals surface area (Å²) in [6, 6.07) is 5.39. The molecule has 0 unspecified atom stereocenters. The summed E-state index contributed by atoms with van der Waals surface area (Å²) in [6.45, 7) is 2.22. The Hall–Kier alpha value is -1.66. The standard InChI is InChI=1S/C12H15N3O2S/c1-8-13-10-4-3-9(7-11(10)18-8)14-12(17)15(2)5-6-16/h3-4,7,16H,5-6H2,1-2H3,(H,14,17). The molecule has 0 fully saturated rings. The van der Waals surface area contributed by atoms with Crippen LogP contribution in [-0.4, -0.2) is 41.2 Å². The van der Waals surface area contributed by atoms with Gasteiger partial charge in [0, 0.05) is 19.3 Å². The third-order valence-electron chi connectivity index (χ3n) is 2.53. The number of aromatic nitrogens is 1. The Labute approximate surface area is 109 Å². The number of aliphatic hydroxyl groups excluding tert-OH is 1. The van der Waals surface area contributed by atoms with Gasteiger partial charge in [-0.15, -0.1) is 11.3 Å². The fraction of sp³-hybridized carbons (Fsp3) is 0.333. The van der Waals surface area contributed by atoms with E-state index < -0.39 is 0 Å². The minimum absolute atomic E-state index is 0.0446. The Balaban J connectivity index is 2.14. The van der Waals surface area contributed by atoms with Crippen LogP contribution in [0.4, 0.5) is 10.5 Å². The number of aryl methyl sites for hydroxylation is 1. The van der Waals surface area contributed by atoms with Crippen LogP contribution in [0.15, 0.2) is 18.2 Å². The lowest BCUT2D eigenvalue weighted by Crippen LogP contribution is -2.33. The van der Waals surface area contributed by atoms with Gasteiger partial charge in [-0.3, -0.25) is 0 Å². The molecular weight excluding hydrogens is 250 g/mol. The summed E-state index contributed by atoms with van der Waals surface area (Å²) >= 11 is 1.60. The second-order valence-electron chi connectivity index (χ2n) is 3.99. The van der Waals surface area contributed by atoms with E-state index in [4.69, 9.17) is 5.11 Å². The molecule has 0 aliphatic rings. The molecular formula is C12H15N3O2S. The molecule has 0 aliphatic heterocycles. The number of likely N-dealkylation sites (N-methyl/N-ethyl adjacent to an activating group) is 1. The number of hydrogen-bond donors (Lipinski definition) is 2. The van der Waals surface area contributed by atoms with Crippen LogP contribution >= 0.6 is 11.3 Å². The van der Waals surface area contributed by atoms with Crippen LogP contribution in [-0.2, 0) is 0 Å². The normalized spacial score (nSPS) is 10.6. The molecule has 0 aliphatic carbocycles. The number of nitrogens with one attached hydrogen (secondary N) is 1. The summed E-state index contributed by atoms with van der Waals surface area (Å²) < 4.78 is 1.05. The van der Waals surface area contributed by atoms with E-state index >= 15 is 0 Å². The molecule has 5 nitrogen and oxygen atoms in total. The number of anilines is 1. The van der Waals surface area contributed by atoms with Crippen molar-refractivity contribution in [2.75, 3.05) is 25.5 Å². The van der Waals surface area contributed by atoms with E-state index in [1.54, 1.807) is 18.4 Å². The molecule has 2 N–H and O–H groups in total. The second-order valence-corrected chi connectivity index (χ2v) is 5.23. The topological polar surface area (TPSA) is 65.5 Å². The number of amides is 2. The Morgan fingerprint density at radius 3 is 3.06 bits per heavy atom. The van der Waals surface area contributed by atoms with E-state index in [-0.39, 0.29) is 12.6 Å². The molecule has 1 aromatic heterocycles. The van der Waals surface area contributed by atoms with Gasteiger partial charge in [-0.1, -0.05) is 0 Å². The SMILES string of the molecule is Cc1nc2ccc(NC(=O)N(C)CCO)cc2s1. The molecule has 0 atom stereocenters. The molecule has 6 heteroatoms. The summed E-state index contributed by atoms with van der Waals surface area (Å²) in [5.41, 5.74) is 1.68. The zero-order valence-corrected chi connectivity index (χ0v) is 11.1. The van der Waals surface area contributed by atoms with Gasteiger partial charge in [0.05, 0.1) is 21.8 Å². The molecule has 0 saturated heterocycles. The Bertz CT molecular complexity index is 567. The van der Waals surface area contributed by atoms with E-state index in [2.05, 4.69) is 10.3 Å². The van der Waals surface area contributed by atoms with E-state index in [9.17, 15) is 4.79 Å². The molecule has 18 heavy (non-hydrogen) atoms. The highest BCUT2D eigenvalue weighted by atomic mass is 32.1. The van der Waals surface area contributed by atoms with Crippen molar-refractivity contribution in [3.05, 3.63) is 23.2 Å². The van der Waals surface area contributed by atoms with Gasteiger partial charge in [-0.05, 0) is 25.1 Å². The first kappa shape index (κ1) is 12.8. The highest BCUT2D eigenvalue weighted by Crippen LogP contribution is 2.24. The highest BCUT2D eigenvalue weighted by Gasteiger charge is 2.09. The first-order chi connectivity index (χ1) is 8.60. The predicted molar refractivity (Wildman–Crippen MR) is 73.1 cm³/mol. The largest absolute Gasteiger partial charge is 0.395 e. The summed E-state index contributed by atoms with van der Waals surface area (Å²) in [4.78, 5) is 17.5. The van der Waals surface area contributed by atoms with Crippen LogP contribution in [0, 0.1) is 6.92 Å². The second kappa shape index (κ2) is 5.32. The van der Waals surface area contributed by atoms with E-state index in [0.29, 0.717) is 6.54 Å². The van der Waals surface area contributed by atoms with Gasteiger partial charge in [0.25, 0.3) is 0 Å². The lowest BCUT2D eigenvalue weighted by atomic mass is 10.3. The Kier molecular flexibility index (Phi) is 3.78. The third-order valence-corrected chi connectivity index (χ3v) is 3.46. The van der Waals surface area contributed by atoms with Gasteiger partial charge >= 0.3 is 6.03 Å². The molecule has 0 bridgehead atoms. The molecule has 2 rings (SSSR count). The number of nitrogens with zero attached hydrogens (tertiary/aromatic N) is 2. The highest BCUT2D eigenvalue weighted by molar-refractivity contribution is 7.18. The van der Waals surface area contributed by atoms with Crippen molar-refractivity contribution in [1.29, 1.82) is 0 Å². The van der Waals surface area contributed by atoms with Crippen LogP contribution in [0.2, 0.25) is 0 Å². The van der Waals surface area contributed by atoms with Crippen molar-refractivity contribution in [3.8, 4) is 0 Å². The number of rotatable bonds is 3. The number of aliphatic hydroxyl groups is 1. The number of hydrogen-bond acceptors (Lipinski definition) is 4. The zero-order chi connectivity index (χ0) is 13.1. The quantitative estimate of drug-likeness (QED) is 0.892. The summed E-state index contributed by atoms with van der Waals surface area (Å²) in [7, 11) is 1.64. The zero-order valence-electron chi connectivity index (χ0n) is 10.3. The number of carbonyl (C=O) groups is 1. The van der Waals surface area contributed by atoms with Gasteiger partial charge in [0.15, 0.2) is 0 Å². The van der Waals surface area contributed by atoms with Crippen LogP contribution in [0.25, 0.3) is 10.2 Å². The van der Waals surface area contributed by atoms with Crippen LogP contribution in [0.3, 0.4) is 0 Å². The number of urea groups is 1. The van der Waals surface area contributed by atoms with Crippen molar-refractivity contribution in [3.63, 3.8) is 0 Å². The average molecular weight is 265 g/mol. The molecule has 1 aromatic carbocycles. The van der Waals surface area contributed by atoms with Gasteiger partial charge in [0.1, 0.15) is 0 Å². The van der Waals surface area contributed by atoms with Crippen LogP contribution in [0.1, 0.15) is 5.01 Å². The van der Waals surface area contributed by atoms with Crippen molar-refractivity contribution in [1.82, 2.24) is 9.88 Å². The lowest BCUT2D eigenvalue weighted by Gasteiger charge is -2.16. The van der Waals surface area contributed by atoms with Gasteiger partial charge in [-0.25, -0.2) is 9.78 Å². The van der Waals surface area contributed by atoms with Gasteiger partial charge in [0.2, 0.25) is 0 Å². The number of carbonyl (C=O) groups excluding carboxylic acids is 1. The maximum absolute atomic E-state index is 11.7. The molecule has 0 saturated carbocycles. The molecule has 1 heterocycles. The fourth-order valence-corrected chi connectivity index (χ4v) is 2.45. The first-order valence-electron chi connectivity index (χ1n) is 5.60. The number of thiazole rings is 1. The van der Waals surface area contributed by atoms with Crippen molar-refractivity contribution < 1.29 is 9.90 Å². The lowest BCUT2D eigenvalue weighted by molar-refractivity contribution is 0.202. The molecule has 2 amide bonds. The Morgan fingerprint density at radius 1 is 1.56 bits per heavy atom. The monoisotopic (exact) mass is 265 g/mol. The van der Waals surface area contributed by atoms with Crippen molar-refractivity contribution in [2.24, 2.45) is 0 Å². The van der Waals surface area contributed by atoms with E-state index in [1.807, 2.05) is 25.1 Å². The minimum Gasteiger partial charge on any atom is -0.395 e. The van der Waals surface area contributed by atoms with Crippen molar-refractivity contribution in [2.45, 2.75) is 6.92 Å². The van der Waals surface area contributed by atoms with Crippen LogP contribution < -0.4 is 5.32 Å². The maximum atomic E-state index is 11.7. The predicted octanol–water partition coefficient (Wildman–Crippen LogP) is 2.06. The molecule has 0 spiro atoms. The van der Waals surface area contributed by atoms with Gasteiger partial charge < -0.3 is 15.3 Å². The summed E-state index contributed by atoms with van der Waals surface area (Å²) in [6.07, 6.45) is 0. The van der Waals surface area contributed by atoms with E-state index in [1.165, 1.54) is 4.90 Å². The molecule has 96 valence electrons. The average Bonchev–Trinajstić information content (AvgIpc) is 2.68. The first-order valence-corrected chi connectivity index (χ1v) is 6.42. The third kappa shape index (κ3) is 2.77. The molecule has 2 aromatic rings. The summed E-state index contributed by atoms with van der Waals surface area (Å²) in [5, 5.41) is 12.6. The number of fused-ring (bicyclic) bond motifs is 1. The smallest absolute Gasteiger partial charge is 0.321 e. The number of benzene rings is 1. The summed E-state index contributed by atoms with van der Waals surface area (Å²) in [5.74, 6) is 0. The minimum atomic E-state index is -0.232. The van der Waals surface area contributed by atoms with Gasteiger partial charge in [-0.2, -0.15) is 0 Å². The van der Waals surface area contributed by atoms with Crippen LogP contribution in [0.5, 0.6) is 0 Å². The van der Waals surface area contributed by atoms with Crippen molar-refractivity contribution >= 4 is 33.3 Å². The maximum Gasteiger partial charge on any atom is 0.321 e. The molecule has 0 radical (unpaired) electrons.